The number of carbonyl (C=O) groups is 2. The molecule has 2 aromatic carbocycles. The molecule has 242 valence electrons. The quantitative estimate of drug-likeness (QED) is 0.305. The number of carbonyl (C=O) groups excluding carboxylic acids is 1. The van der Waals surface area contributed by atoms with Gasteiger partial charge in [0.1, 0.15) is 5.75 Å². The van der Waals surface area contributed by atoms with Crippen molar-refractivity contribution >= 4 is 23.5 Å². The molecule has 2 saturated heterocycles. The van der Waals surface area contributed by atoms with Crippen molar-refractivity contribution in [3.05, 3.63) is 71.5 Å². The molecule has 5 rings (SSSR count). The van der Waals surface area contributed by atoms with Gasteiger partial charge in [0.2, 0.25) is 11.6 Å². The van der Waals surface area contributed by atoms with Gasteiger partial charge in [0.25, 0.3) is 5.91 Å². The van der Waals surface area contributed by atoms with E-state index in [1.165, 1.54) is 23.9 Å². The van der Waals surface area contributed by atoms with Crippen LogP contribution in [0.1, 0.15) is 49.3 Å². The molecule has 2 aliphatic rings. The molecule has 2 N–H and O–H groups in total. The van der Waals surface area contributed by atoms with Gasteiger partial charge in [0.05, 0.1) is 25.1 Å². The number of amides is 1. The molecule has 13 heteroatoms. The van der Waals surface area contributed by atoms with E-state index in [2.05, 4.69) is 10.3 Å². The molecule has 45 heavy (non-hydrogen) atoms. The number of likely N-dealkylation sites (tertiary alicyclic amines) is 1. The molecule has 2 aliphatic heterocycles. The summed E-state index contributed by atoms with van der Waals surface area (Å²) >= 11 is 0. The number of aromatic nitrogens is 2. The molecule has 0 aliphatic carbocycles. The van der Waals surface area contributed by atoms with E-state index in [1.807, 2.05) is 18.7 Å². The number of imidazole rings is 1. The summed E-state index contributed by atoms with van der Waals surface area (Å²) in [4.78, 5) is 33.2. The number of benzene rings is 2. The third-order valence-corrected chi connectivity index (χ3v) is 8.83. The predicted molar refractivity (Wildman–Crippen MR) is 160 cm³/mol. The van der Waals surface area contributed by atoms with Gasteiger partial charge in [-0.2, -0.15) is 13.2 Å². The highest BCUT2D eigenvalue weighted by Crippen LogP contribution is 2.41. The second-order valence-electron chi connectivity index (χ2n) is 12.0. The number of rotatable bonds is 9. The Morgan fingerprint density at radius 3 is 2.53 bits per heavy atom. The fraction of sp³-hybridized carbons (Fsp3) is 0.469. The van der Waals surface area contributed by atoms with Crippen molar-refractivity contribution in [2.24, 2.45) is 5.92 Å². The summed E-state index contributed by atoms with van der Waals surface area (Å²) in [5.41, 5.74) is -1.77. The van der Waals surface area contributed by atoms with Crippen LogP contribution in [0.15, 0.2) is 54.9 Å². The number of anilines is 2. The number of alkyl halides is 4. The van der Waals surface area contributed by atoms with Gasteiger partial charge >= 0.3 is 12.1 Å². The Hall–Kier alpha value is -4.13. The van der Waals surface area contributed by atoms with E-state index in [1.54, 1.807) is 35.4 Å². The highest BCUT2D eigenvalue weighted by molar-refractivity contribution is 5.97. The maximum Gasteiger partial charge on any atom is 0.416 e. The number of aliphatic carboxylic acids is 1. The molecular weight excluding hydrogens is 594 g/mol. The van der Waals surface area contributed by atoms with E-state index in [0.29, 0.717) is 42.8 Å². The third kappa shape index (κ3) is 6.77. The number of carboxylic acids is 1. The van der Waals surface area contributed by atoms with E-state index in [9.17, 15) is 27.9 Å². The summed E-state index contributed by atoms with van der Waals surface area (Å²) in [6, 6.07) is 10.3. The van der Waals surface area contributed by atoms with Gasteiger partial charge < -0.3 is 19.3 Å². The maximum absolute atomic E-state index is 16.9. The summed E-state index contributed by atoms with van der Waals surface area (Å²) in [7, 11) is 1.53. The van der Waals surface area contributed by atoms with Crippen LogP contribution in [0.3, 0.4) is 0 Å². The molecule has 0 bridgehead atoms. The molecule has 0 radical (unpaired) electrons. The second-order valence-corrected chi connectivity index (χ2v) is 12.0. The number of ether oxygens (including phenoxy) is 1. The van der Waals surface area contributed by atoms with Crippen LogP contribution in [0.25, 0.3) is 0 Å². The molecule has 2 fully saturated rings. The molecule has 0 saturated carbocycles. The normalized spacial score (nSPS) is 22.5. The van der Waals surface area contributed by atoms with Crippen molar-refractivity contribution in [2.45, 2.75) is 57.0 Å². The van der Waals surface area contributed by atoms with E-state index >= 15 is 4.39 Å². The van der Waals surface area contributed by atoms with E-state index in [0.717, 1.165) is 12.1 Å². The smallest absolute Gasteiger partial charge is 0.416 e. The first-order valence-electron chi connectivity index (χ1n) is 14.9. The number of nitrogens with one attached hydrogen (secondary N) is 1. The molecule has 1 aromatic heterocycles. The van der Waals surface area contributed by atoms with Crippen LogP contribution >= 0.6 is 0 Å². The van der Waals surface area contributed by atoms with Crippen molar-refractivity contribution < 1.29 is 37.0 Å². The molecule has 3 aromatic rings. The van der Waals surface area contributed by atoms with E-state index < -0.39 is 41.1 Å². The Morgan fingerprint density at radius 1 is 1.16 bits per heavy atom. The number of halogens is 4. The standard InChI is InChI=1S/C32H37F4N5O4/c1-20(2)41-18-26(21-7-10-25(45-3)11-8-21)31(33,19-41)29(44)38-30-37-12-14-40(30)16-22-6-9-24(32(34,35)36)15-27(22)39-13-4-5-23(17-39)28(42)43/h6-12,14-15,20,23,26H,4-5,13,16-19H2,1-3H3,(H,42,43)(H,37,38,44)/t23-,26+,31+/m1/s1. The van der Waals surface area contributed by atoms with Crippen molar-refractivity contribution in [1.82, 2.24) is 14.5 Å². The number of hydrogen-bond acceptors (Lipinski definition) is 6. The number of nitrogens with zero attached hydrogens (tertiary/aromatic N) is 4. The van der Waals surface area contributed by atoms with Crippen LogP contribution in [0.4, 0.5) is 29.2 Å². The van der Waals surface area contributed by atoms with Crippen LogP contribution in [0.5, 0.6) is 5.75 Å². The van der Waals surface area contributed by atoms with Crippen LogP contribution in [0.2, 0.25) is 0 Å². The van der Waals surface area contributed by atoms with Crippen LogP contribution in [-0.2, 0) is 22.3 Å². The van der Waals surface area contributed by atoms with Gasteiger partial charge in [-0.1, -0.05) is 18.2 Å². The summed E-state index contributed by atoms with van der Waals surface area (Å²) in [5, 5.41) is 12.2. The Labute approximate surface area is 258 Å². The zero-order valence-corrected chi connectivity index (χ0v) is 25.4. The number of piperidine rings is 1. The lowest BCUT2D eigenvalue weighted by Gasteiger charge is -2.34. The van der Waals surface area contributed by atoms with Gasteiger partial charge in [-0.25, -0.2) is 9.37 Å². The minimum atomic E-state index is -4.59. The maximum atomic E-state index is 16.9. The SMILES string of the molecule is COc1ccc([C@@H]2CN(C(C)C)C[C@@]2(F)C(=O)Nc2nccn2Cc2ccc(C(F)(F)F)cc2N2CCC[C@@H](C(=O)O)C2)cc1. The molecule has 3 atom stereocenters. The largest absolute Gasteiger partial charge is 0.497 e. The fourth-order valence-corrected chi connectivity index (χ4v) is 6.19. The molecule has 1 amide bonds. The zero-order valence-electron chi connectivity index (χ0n) is 25.4. The Morgan fingerprint density at radius 2 is 1.89 bits per heavy atom. The lowest BCUT2D eigenvalue weighted by atomic mass is 9.85. The molecule has 0 spiro atoms. The monoisotopic (exact) mass is 631 g/mol. The van der Waals surface area contributed by atoms with Crippen molar-refractivity contribution in [1.29, 1.82) is 0 Å². The Balaban J connectivity index is 1.42. The highest BCUT2D eigenvalue weighted by atomic mass is 19.4. The molecule has 0 unspecified atom stereocenters. The summed E-state index contributed by atoms with van der Waals surface area (Å²) < 4.78 is 64.7. The lowest BCUT2D eigenvalue weighted by Crippen LogP contribution is -2.46. The average Bonchev–Trinajstić information content (AvgIpc) is 3.61. The number of methoxy groups -OCH3 is 1. The van der Waals surface area contributed by atoms with E-state index in [4.69, 9.17) is 4.74 Å². The molecule has 9 nitrogen and oxygen atoms in total. The minimum absolute atomic E-state index is 0.00763. The van der Waals surface area contributed by atoms with Crippen molar-refractivity contribution in [3.63, 3.8) is 0 Å². The second kappa shape index (κ2) is 12.7. The van der Waals surface area contributed by atoms with Gasteiger partial charge in [-0.3, -0.25) is 19.8 Å². The van der Waals surface area contributed by atoms with Gasteiger partial charge in [-0.15, -0.1) is 0 Å². The predicted octanol–water partition coefficient (Wildman–Crippen LogP) is 5.41. The van der Waals surface area contributed by atoms with Crippen molar-refractivity contribution in [2.75, 3.05) is 43.5 Å². The average molecular weight is 632 g/mol. The van der Waals surface area contributed by atoms with E-state index in [-0.39, 0.29) is 37.3 Å². The summed E-state index contributed by atoms with van der Waals surface area (Å²) in [5.74, 6) is -2.69. The minimum Gasteiger partial charge on any atom is -0.497 e. The molecule has 3 heterocycles. The van der Waals surface area contributed by atoms with Crippen LogP contribution in [0, 0.1) is 5.92 Å². The lowest BCUT2D eigenvalue weighted by molar-refractivity contribution is -0.142. The highest BCUT2D eigenvalue weighted by Gasteiger charge is 2.54. The summed E-state index contributed by atoms with van der Waals surface area (Å²) in [6.45, 7) is 4.54. The van der Waals surface area contributed by atoms with Crippen LogP contribution in [-0.4, -0.2) is 76.4 Å². The first kappa shape index (κ1) is 32.3. The number of hydrogen-bond donors (Lipinski definition) is 2. The zero-order chi connectivity index (χ0) is 32.5. The van der Waals surface area contributed by atoms with Gasteiger partial charge in [-0.05, 0) is 62.1 Å². The van der Waals surface area contributed by atoms with Crippen LogP contribution < -0.4 is 15.0 Å². The van der Waals surface area contributed by atoms with Gasteiger partial charge in [0, 0.05) is 56.2 Å². The van der Waals surface area contributed by atoms with Gasteiger partial charge in [0.15, 0.2) is 0 Å². The van der Waals surface area contributed by atoms with Crippen molar-refractivity contribution in [3.8, 4) is 5.75 Å². The number of carboxylic acid groups (broad SMARTS) is 1. The first-order valence-corrected chi connectivity index (χ1v) is 14.9. The Bertz CT molecular complexity index is 1530. The third-order valence-electron chi connectivity index (χ3n) is 8.83. The fourth-order valence-electron chi connectivity index (χ4n) is 6.19. The Kier molecular flexibility index (Phi) is 9.11. The molecular formula is C32H37F4N5O4. The first-order chi connectivity index (χ1) is 21.3. The topological polar surface area (TPSA) is 99.9 Å². The summed E-state index contributed by atoms with van der Waals surface area (Å²) in [6.07, 6.45) is -0.671.